The van der Waals surface area contributed by atoms with Crippen molar-refractivity contribution in [3.63, 3.8) is 0 Å². The Morgan fingerprint density at radius 3 is 2.24 bits per heavy atom. The minimum absolute atomic E-state index is 0.0418. The normalized spacial score (nSPS) is 15.3. The Bertz CT molecular complexity index is 646. The predicted molar refractivity (Wildman–Crippen MR) is 88.1 cm³/mol. The summed E-state index contributed by atoms with van der Waals surface area (Å²) in [4.78, 5) is 29.0. The molecule has 0 unspecified atom stereocenters. The van der Waals surface area contributed by atoms with Crippen LogP contribution in [0, 0.1) is 0 Å². The summed E-state index contributed by atoms with van der Waals surface area (Å²) >= 11 is 6.33. The zero-order chi connectivity index (χ0) is 14.8. The highest BCUT2D eigenvalue weighted by molar-refractivity contribution is 9.11. The van der Waals surface area contributed by atoms with Crippen LogP contribution in [0.5, 0.6) is 0 Å². The van der Waals surface area contributed by atoms with E-state index in [0.717, 1.165) is 8.66 Å². The van der Waals surface area contributed by atoms with E-state index < -0.39 is 0 Å². The first-order chi connectivity index (χ1) is 10.1. The SMILES string of the molecule is O=C(c1csc(Br)c1)N1CCN(C(=O)c2cccs2)CC1. The molecule has 1 saturated heterocycles. The van der Waals surface area contributed by atoms with E-state index in [0.29, 0.717) is 31.7 Å². The van der Waals surface area contributed by atoms with Crippen molar-refractivity contribution in [2.45, 2.75) is 0 Å². The number of piperazine rings is 1. The summed E-state index contributed by atoms with van der Waals surface area (Å²) in [5.74, 6) is 0.107. The molecule has 2 aromatic heterocycles. The summed E-state index contributed by atoms with van der Waals surface area (Å²) in [6.07, 6.45) is 0. The van der Waals surface area contributed by atoms with Crippen molar-refractivity contribution in [1.82, 2.24) is 9.80 Å². The van der Waals surface area contributed by atoms with Crippen molar-refractivity contribution < 1.29 is 9.59 Å². The summed E-state index contributed by atoms with van der Waals surface area (Å²) in [6.45, 7) is 2.36. The van der Waals surface area contributed by atoms with Crippen LogP contribution in [-0.2, 0) is 0 Å². The molecule has 2 amide bonds. The number of thiophene rings is 2. The van der Waals surface area contributed by atoms with Gasteiger partial charge in [-0.2, -0.15) is 0 Å². The highest BCUT2D eigenvalue weighted by Crippen LogP contribution is 2.22. The minimum Gasteiger partial charge on any atom is -0.335 e. The van der Waals surface area contributed by atoms with E-state index in [9.17, 15) is 9.59 Å². The number of rotatable bonds is 2. The number of halogens is 1. The lowest BCUT2D eigenvalue weighted by molar-refractivity contribution is 0.0538. The van der Waals surface area contributed by atoms with E-state index in [1.54, 1.807) is 0 Å². The maximum Gasteiger partial charge on any atom is 0.264 e. The summed E-state index contributed by atoms with van der Waals surface area (Å²) in [5.41, 5.74) is 0.713. The molecule has 2 aromatic rings. The molecule has 1 fully saturated rings. The van der Waals surface area contributed by atoms with Gasteiger partial charge in [0.15, 0.2) is 0 Å². The Morgan fingerprint density at radius 2 is 1.71 bits per heavy atom. The van der Waals surface area contributed by atoms with Gasteiger partial charge in [0.05, 0.1) is 14.2 Å². The van der Waals surface area contributed by atoms with Crippen LogP contribution in [0.2, 0.25) is 0 Å². The summed E-state index contributed by atoms with van der Waals surface area (Å²) < 4.78 is 0.956. The summed E-state index contributed by atoms with van der Waals surface area (Å²) in [6, 6.07) is 5.57. The van der Waals surface area contributed by atoms with E-state index in [1.807, 2.05) is 38.8 Å². The topological polar surface area (TPSA) is 40.6 Å². The van der Waals surface area contributed by atoms with Crippen LogP contribution in [0.25, 0.3) is 0 Å². The second kappa shape index (κ2) is 6.29. The van der Waals surface area contributed by atoms with Crippen LogP contribution in [0.1, 0.15) is 20.0 Å². The zero-order valence-corrected chi connectivity index (χ0v) is 14.3. The van der Waals surface area contributed by atoms with E-state index in [2.05, 4.69) is 15.9 Å². The number of hydrogen-bond donors (Lipinski definition) is 0. The van der Waals surface area contributed by atoms with Gasteiger partial charge >= 0.3 is 0 Å². The van der Waals surface area contributed by atoms with Gasteiger partial charge in [-0.25, -0.2) is 0 Å². The standard InChI is InChI=1S/C14H13BrN2O2S2/c15-12-8-10(9-21-12)13(18)16-3-5-17(6-4-16)14(19)11-2-1-7-20-11/h1-2,7-9H,3-6H2. The van der Waals surface area contributed by atoms with Crippen molar-refractivity contribution >= 4 is 50.4 Å². The van der Waals surface area contributed by atoms with Crippen molar-refractivity contribution in [3.05, 3.63) is 43.2 Å². The Hall–Kier alpha value is -1.18. The number of hydrogen-bond acceptors (Lipinski definition) is 4. The van der Waals surface area contributed by atoms with Gasteiger partial charge in [-0.3, -0.25) is 9.59 Å². The van der Waals surface area contributed by atoms with Crippen molar-refractivity contribution in [2.24, 2.45) is 0 Å². The molecule has 0 spiro atoms. The average Bonchev–Trinajstić information content (AvgIpc) is 3.17. The first kappa shape index (κ1) is 14.7. The molecule has 0 bridgehead atoms. The molecule has 7 heteroatoms. The summed E-state index contributed by atoms with van der Waals surface area (Å²) in [7, 11) is 0. The van der Waals surface area contributed by atoms with Gasteiger partial charge in [-0.15, -0.1) is 22.7 Å². The Labute approximate surface area is 139 Å². The first-order valence-corrected chi connectivity index (χ1v) is 9.06. The lowest BCUT2D eigenvalue weighted by Crippen LogP contribution is -2.50. The lowest BCUT2D eigenvalue weighted by Gasteiger charge is -2.34. The molecular formula is C14H13BrN2O2S2. The molecule has 0 N–H and O–H groups in total. The fourth-order valence-electron chi connectivity index (χ4n) is 2.27. The smallest absolute Gasteiger partial charge is 0.264 e. The molecule has 21 heavy (non-hydrogen) atoms. The number of carbonyl (C=O) groups excluding carboxylic acids is 2. The van der Waals surface area contributed by atoms with Crippen LogP contribution < -0.4 is 0 Å². The Kier molecular flexibility index (Phi) is 4.42. The van der Waals surface area contributed by atoms with Gasteiger partial charge in [0.1, 0.15) is 0 Å². The van der Waals surface area contributed by atoms with Gasteiger partial charge < -0.3 is 9.80 Å². The molecule has 110 valence electrons. The average molecular weight is 385 g/mol. The van der Waals surface area contributed by atoms with E-state index in [-0.39, 0.29) is 11.8 Å². The quantitative estimate of drug-likeness (QED) is 0.797. The van der Waals surface area contributed by atoms with E-state index in [1.165, 1.54) is 22.7 Å². The molecule has 1 aliphatic rings. The van der Waals surface area contributed by atoms with Gasteiger partial charge in [0.25, 0.3) is 11.8 Å². The molecule has 0 atom stereocenters. The van der Waals surface area contributed by atoms with Gasteiger partial charge in [0, 0.05) is 31.6 Å². The Morgan fingerprint density at radius 1 is 1.05 bits per heavy atom. The lowest BCUT2D eigenvalue weighted by atomic mass is 10.2. The first-order valence-electron chi connectivity index (χ1n) is 6.51. The fraction of sp³-hybridized carbons (Fsp3) is 0.286. The third kappa shape index (κ3) is 3.20. The van der Waals surface area contributed by atoms with Crippen LogP contribution in [-0.4, -0.2) is 47.8 Å². The third-order valence-corrected chi connectivity index (χ3v) is 5.76. The monoisotopic (exact) mass is 384 g/mol. The van der Waals surface area contributed by atoms with Crippen LogP contribution >= 0.6 is 38.6 Å². The molecule has 4 nitrogen and oxygen atoms in total. The van der Waals surface area contributed by atoms with Crippen LogP contribution in [0.3, 0.4) is 0 Å². The zero-order valence-electron chi connectivity index (χ0n) is 11.1. The van der Waals surface area contributed by atoms with Crippen LogP contribution in [0.4, 0.5) is 0 Å². The maximum absolute atomic E-state index is 12.3. The fourth-order valence-corrected chi connectivity index (χ4v) is 4.09. The van der Waals surface area contributed by atoms with E-state index >= 15 is 0 Å². The van der Waals surface area contributed by atoms with Crippen molar-refractivity contribution in [1.29, 1.82) is 0 Å². The number of nitrogens with zero attached hydrogens (tertiary/aromatic N) is 2. The van der Waals surface area contributed by atoms with Gasteiger partial charge in [-0.1, -0.05) is 6.07 Å². The number of amides is 2. The second-order valence-corrected chi connectivity index (χ2v) is 7.94. The van der Waals surface area contributed by atoms with Gasteiger partial charge in [0.2, 0.25) is 0 Å². The van der Waals surface area contributed by atoms with Crippen molar-refractivity contribution in [3.8, 4) is 0 Å². The molecule has 3 heterocycles. The minimum atomic E-state index is 0.0418. The highest BCUT2D eigenvalue weighted by atomic mass is 79.9. The van der Waals surface area contributed by atoms with Crippen molar-refractivity contribution in [2.75, 3.05) is 26.2 Å². The number of carbonyl (C=O) groups is 2. The predicted octanol–water partition coefficient (Wildman–Crippen LogP) is 3.17. The Balaban J connectivity index is 1.60. The largest absolute Gasteiger partial charge is 0.335 e. The molecular weight excluding hydrogens is 372 g/mol. The molecule has 3 rings (SSSR count). The highest BCUT2D eigenvalue weighted by Gasteiger charge is 2.26. The van der Waals surface area contributed by atoms with E-state index in [4.69, 9.17) is 0 Å². The molecule has 0 aliphatic carbocycles. The molecule has 0 radical (unpaired) electrons. The third-order valence-electron chi connectivity index (χ3n) is 3.40. The molecule has 0 aromatic carbocycles. The van der Waals surface area contributed by atoms with Gasteiger partial charge in [-0.05, 0) is 33.4 Å². The van der Waals surface area contributed by atoms with Crippen LogP contribution in [0.15, 0.2) is 32.7 Å². The molecule has 1 aliphatic heterocycles. The summed E-state index contributed by atoms with van der Waals surface area (Å²) in [5, 5.41) is 3.76. The molecule has 0 saturated carbocycles. The second-order valence-electron chi connectivity index (χ2n) is 4.70. The maximum atomic E-state index is 12.3.